The lowest BCUT2D eigenvalue weighted by Gasteiger charge is -2.25. The average molecular weight is 293 g/mol. The maximum Gasteiger partial charge on any atom is 0.227 e. The van der Waals surface area contributed by atoms with E-state index in [0.29, 0.717) is 18.5 Å². The number of Topliss-reactive ketones (excluding diaryl/α,β-unsaturated/α-hetero) is 1. The van der Waals surface area contributed by atoms with E-state index in [1.165, 1.54) is 0 Å². The van der Waals surface area contributed by atoms with Crippen LogP contribution in [0.1, 0.15) is 36.5 Å². The fourth-order valence-corrected chi connectivity index (χ4v) is 2.36. The molecule has 0 spiro atoms. The van der Waals surface area contributed by atoms with Gasteiger partial charge in [-0.25, -0.2) is 13.8 Å². The summed E-state index contributed by atoms with van der Waals surface area (Å²) in [7, 11) is 0. The first kappa shape index (κ1) is 13.7. The Bertz CT molecular complexity index is 726. The van der Waals surface area contributed by atoms with Crippen LogP contribution in [0.3, 0.4) is 0 Å². The van der Waals surface area contributed by atoms with Gasteiger partial charge in [0.15, 0.2) is 23.1 Å². The third kappa shape index (κ3) is 2.11. The zero-order chi connectivity index (χ0) is 15.4. The minimum atomic E-state index is -1.10. The number of oxazole rings is 1. The van der Waals surface area contributed by atoms with Crippen LogP contribution in [0.2, 0.25) is 0 Å². The van der Waals surface area contributed by atoms with Crippen LogP contribution >= 0.6 is 0 Å². The molecule has 1 aromatic carbocycles. The number of hydrogen-bond donors (Lipinski definition) is 1. The first-order chi connectivity index (χ1) is 9.79. The minimum absolute atomic E-state index is 0.0242. The summed E-state index contributed by atoms with van der Waals surface area (Å²) in [6, 6.07) is 1.84. The molecule has 0 fully saturated rings. The summed E-state index contributed by atoms with van der Waals surface area (Å²) in [6.07, 6.45) is 1.21. The highest BCUT2D eigenvalue weighted by atomic mass is 19.1. The lowest BCUT2D eigenvalue weighted by molar-refractivity contribution is 0.0778. The highest BCUT2D eigenvalue weighted by Gasteiger charge is 2.38. The van der Waals surface area contributed by atoms with Crippen LogP contribution in [0.25, 0.3) is 11.5 Å². The Morgan fingerprint density at radius 3 is 2.52 bits per heavy atom. The number of aryl methyl sites for hydroxylation is 1. The molecule has 4 nitrogen and oxygen atoms in total. The van der Waals surface area contributed by atoms with Gasteiger partial charge in [0.05, 0.1) is 5.69 Å². The molecular formula is C15H13F2NO3. The lowest BCUT2D eigenvalue weighted by Crippen LogP contribution is -2.29. The maximum absolute atomic E-state index is 13.4. The van der Waals surface area contributed by atoms with E-state index in [1.54, 1.807) is 0 Å². The third-order valence-electron chi connectivity index (χ3n) is 3.77. The van der Waals surface area contributed by atoms with Crippen LogP contribution in [0.5, 0.6) is 5.75 Å². The predicted molar refractivity (Wildman–Crippen MR) is 70.0 cm³/mol. The van der Waals surface area contributed by atoms with Gasteiger partial charge in [-0.15, -0.1) is 0 Å². The number of rotatable bonds is 1. The van der Waals surface area contributed by atoms with Gasteiger partial charge in [0.2, 0.25) is 11.7 Å². The van der Waals surface area contributed by atoms with Crippen LogP contribution in [0.4, 0.5) is 8.78 Å². The van der Waals surface area contributed by atoms with Gasteiger partial charge in [-0.2, -0.15) is 0 Å². The number of aromatic hydroxyl groups is 1. The molecule has 6 heteroatoms. The number of phenols is 1. The van der Waals surface area contributed by atoms with Crippen molar-refractivity contribution in [2.45, 2.75) is 26.7 Å². The van der Waals surface area contributed by atoms with E-state index in [9.17, 15) is 13.6 Å². The number of hydrogen-bond acceptors (Lipinski definition) is 4. The van der Waals surface area contributed by atoms with Crippen molar-refractivity contribution in [2.75, 3.05) is 0 Å². The number of carbonyl (C=O) groups excluding carboxylic acids is 1. The number of benzene rings is 1. The molecule has 0 bridgehead atoms. The zero-order valence-electron chi connectivity index (χ0n) is 11.5. The third-order valence-corrected chi connectivity index (χ3v) is 3.77. The van der Waals surface area contributed by atoms with Gasteiger partial charge >= 0.3 is 0 Å². The Kier molecular flexibility index (Phi) is 2.86. The zero-order valence-corrected chi connectivity index (χ0v) is 11.5. The number of nitrogens with zero attached hydrogens (tertiary/aromatic N) is 1. The average Bonchev–Trinajstić information content (AvgIpc) is 2.85. The van der Waals surface area contributed by atoms with Crippen LogP contribution in [0, 0.1) is 17.0 Å². The lowest BCUT2D eigenvalue weighted by atomic mass is 9.77. The maximum atomic E-state index is 13.4. The molecule has 0 aliphatic heterocycles. The van der Waals surface area contributed by atoms with Crippen molar-refractivity contribution in [3.8, 4) is 17.2 Å². The second kappa shape index (κ2) is 4.38. The summed E-state index contributed by atoms with van der Waals surface area (Å²) < 4.78 is 32.2. The van der Waals surface area contributed by atoms with Gasteiger partial charge in [-0.1, -0.05) is 13.8 Å². The molecule has 1 aliphatic rings. The smallest absolute Gasteiger partial charge is 0.227 e. The van der Waals surface area contributed by atoms with Crippen molar-refractivity contribution >= 4 is 5.78 Å². The Morgan fingerprint density at radius 1 is 1.29 bits per heavy atom. The van der Waals surface area contributed by atoms with Crippen molar-refractivity contribution in [1.82, 2.24) is 4.98 Å². The molecule has 0 saturated heterocycles. The molecule has 0 saturated carbocycles. The number of carbonyl (C=O) groups is 1. The summed E-state index contributed by atoms with van der Waals surface area (Å²) >= 11 is 0. The van der Waals surface area contributed by atoms with Gasteiger partial charge in [-0.05, 0) is 25.0 Å². The number of fused-ring (bicyclic) bond motifs is 1. The van der Waals surface area contributed by atoms with Crippen molar-refractivity contribution < 1.29 is 23.1 Å². The standard InChI is InChI=1S/C15H13F2NO3/c1-15(2)4-3-10-12(13(15)20)21-14(18-10)7-5-8(16)11(19)9(17)6-7/h5-6,19H,3-4H2,1-2H3. The molecule has 0 atom stereocenters. The number of halogens is 2. The van der Waals surface area contributed by atoms with Crippen molar-refractivity contribution in [3.63, 3.8) is 0 Å². The highest BCUT2D eigenvalue weighted by Crippen LogP contribution is 2.37. The topological polar surface area (TPSA) is 63.3 Å². The number of phenolic OH excluding ortho intramolecular Hbond substituents is 1. The molecule has 1 N–H and O–H groups in total. The van der Waals surface area contributed by atoms with Crippen LogP contribution < -0.4 is 0 Å². The monoisotopic (exact) mass is 293 g/mol. The molecule has 1 aliphatic carbocycles. The van der Waals surface area contributed by atoms with Gasteiger partial charge in [0.1, 0.15) is 0 Å². The van der Waals surface area contributed by atoms with Crippen molar-refractivity contribution in [2.24, 2.45) is 5.41 Å². The second-order valence-corrected chi connectivity index (χ2v) is 5.80. The Morgan fingerprint density at radius 2 is 1.90 bits per heavy atom. The molecule has 3 rings (SSSR count). The normalized spacial score (nSPS) is 16.9. The van der Waals surface area contributed by atoms with Gasteiger partial charge in [0, 0.05) is 11.0 Å². The summed E-state index contributed by atoms with van der Waals surface area (Å²) in [5.74, 6) is -3.30. The van der Waals surface area contributed by atoms with Crippen molar-refractivity contribution in [1.29, 1.82) is 0 Å². The van der Waals surface area contributed by atoms with E-state index < -0.39 is 22.8 Å². The van der Waals surface area contributed by atoms with Gasteiger partial charge in [0.25, 0.3) is 0 Å². The Balaban J connectivity index is 2.09. The van der Waals surface area contributed by atoms with E-state index in [1.807, 2.05) is 13.8 Å². The fraction of sp³-hybridized carbons (Fsp3) is 0.333. The molecule has 2 aromatic rings. The van der Waals surface area contributed by atoms with Crippen LogP contribution in [0.15, 0.2) is 16.5 Å². The molecule has 0 radical (unpaired) electrons. The first-order valence-corrected chi connectivity index (χ1v) is 6.52. The molecule has 110 valence electrons. The number of ketones is 1. The molecular weight excluding hydrogens is 280 g/mol. The minimum Gasteiger partial charge on any atom is -0.503 e. The summed E-state index contributed by atoms with van der Waals surface area (Å²) in [4.78, 5) is 16.4. The first-order valence-electron chi connectivity index (χ1n) is 6.52. The van der Waals surface area contributed by atoms with E-state index in [4.69, 9.17) is 9.52 Å². The summed E-state index contributed by atoms with van der Waals surface area (Å²) in [5, 5.41) is 9.10. The summed E-state index contributed by atoms with van der Waals surface area (Å²) in [5.41, 5.74) is 0.0148. The highest BCUT2D eigenvalue weighted by molar-refractivity contribution is 5.99. The molecule has 0 amide bonds. The van der Waals surface area contributed by atoms with Crippen molar-refractivity contribution in [3.05, 3.63) is 35.2 Å². The van der Waals surface area contributed by atoms with Gasteiger partial charge in [-0.3, -0.25) is 4.79 Å². The summed E-state index contributed by atoms with van der Waals surface area (Å²) in [6.45, 7) is 3.64. The quantitative estimate of drug-likeness (QED) is 0.874. The SMILES string of the molecule is CC1(C)CCc2nc(-c3cc(F)c(O)c(F)c3)oc2C1=O. The number of aromatic nitrogens is 1. The Labute approximate surface area is 119 Å². The van der Waals surface area contributed by atoms with Crippen LogP contribution in [-0.2, 0) is 6.42 Å². The molecule has 1 heterocycles. The van der Waals surface area contributed by atoms with E-state index >= 15 is 0 Å². The van der Waals surface area contributed by atoms with Crippen LogP contribution in [-0.4, -0.2) is 15.9 Å². The molecule has 21 heavy (non-hydrogen) atoms. The molecule has 0 unspecified atom stereocenters. The second-order valence-electron chi connectivity index (χ2n) is 5.80. The Hall–Kier alpha value is -2.24. The van der Waals surface area contributed by atoms with Gasteiger partial charge < -0.3 is 9.52 Å². The molecule has 1 aromatic heterocycles. The predicted octanol–water partition coefficient (Wildman–Crippen LogP) is 3.48. The van der Waals surface area contributed by atoms with E-state index in [0.717, 1.165) is 12.1 Å². The van der Waals surface area contributed by atoms with E-state index in [-0.39, 0.29) is 23.0 Å². The van der Waals surface area contributed by atoms with E-state index in [2.05, 4.69) is 4.98 Å². The fourth-order valence-electron chi connectivity index (χ4n) is 2.36. The largest absolute Gasteiger partial charge is 0.503 e.